The highest BCUT2D eigenvalue weighted by atomic mass is 32.2. The number of hydrogen-bond acceptors (Lipinski definition) is 7. The first-order valence-electron chi connectivity index (χ1n) is 7.34. The molecule has 0 saturated carbocycles. The maximum absolute atomic E-state index is 10.9. The number of nitrogens with one attached hydrogen (secondary N) is 1. The second-order valence-corrected chi connectivity index (χ2v) is 6.13. The third-order valence-electron chi connectivity index (χ3n) is 3.48. The fourth-order valence-corrected chi connectivity index (χ4v) is 3.04. The molecule has 8 nitrogen and oxygen atoms in total. The van der Waals surface area contributed by atoms with Gasteiger partial charge in [-0.05, 0) is 12.1 Å². The molecule has 25 heavy (non-hydrogen) atoms. The Morgan fingerprint density at radius 3 is 2.88 bits per heavy atom. The molecule has 0 aliphatic rings. The van der Waals surface area contributed by atoms with Gasteiger partial charge in [0.1, 0.15) is 0 Å². The highest BCUT2D eigenvalue weighted by Gasteiger charge is 2.13. The minimum absolute atomic E-state index is 0.0134. The Morgan fingerprint density at radius 2 is 2.04 bits per heavy atom. The molecule has 124 valence electrons. The van der Waals surface area contributed by atoms with E-state index < -0.39 is 4.92 Å². The Kier molecular flexibility index (Phi) is 3.90. The van der Waals surface area contributed by atoms with Gasteiger partial charge in [0, 0.05) is 17.7 Å². The van der Waals surface area contributed by atoms with Gasteiger partial charge >= 0.3 is 0 Å². The molecule has 0 atom stereocenters. The van der Waals surface area contributed by atoms with Crippen molar-refractivity contribution in [2.24, 2.45) is 0 Å². The summed E-state index contributed by atoms with van der Waals surface area (Å²) in [5.74, 6) is 1.19. The molecule has 0 aliphatic carbocycles. The average molecular weight is 353 g/mol. The van der Waals surface area contributed by atoms with Crippen LogP contribution in [0.4, 0.5) is 5.69 Å². The Labute approximate surface area is 145 Å². The van der Waals surface area contributed by atoms with Gasteiger partial charge in [0.25, 0.3) is 5.69 Å². The first kappa shape index (κ1) is 15.3. The summed E-state index contributed by atoms with van der Waals surface area (Å²) in [6.45, 7) is 0. The van der Waals surface area contributed by atoms with Crippen LogP contribution in [0.1, 0.15) is 5.89 Å². The molecule has 4 aromatic rings. The zero-order chi connectivity index (χ0) is 17.2. The predicted octanol–water partition coefficient (Wildman–Crippen LogP) is 3.81. The molecular weight excluding hydrogens is 342 g/mol. The number of aromatic amines is 1. The van der Waals surface area contributed by atoms with Crippen LogP contribution < -0.4 is 0 Å². The summed E-state index contributed by atoms with van der Waals surface area (Å²) in [4.78, 5) is 22.4. The maximum atomic E-state index is 10.9. The van der Waals surface area contributed by atoms with Crippen LogP contribution in [0.3, 0.4) is 0 Å². The standard InChI is InChI=1S/C16H11N5O3S/c22-21(23)11-5-3-4-10(8-11)15-19-14(24-20-15)9-25-16-17-12-6-1-2-7-13(12)18-16/h1-8H,9H2,(H,17,18). The summed E-state index contributed by atoms with van der Waals surface area (Å²) >= 11 is 1.44. The molecule has 0 radical (unpaired) electrons. The zero-order valence-electron chi connectivity index (χ0n) is 12.7. The summed E-state index contributed by atoms with van der Waals surface area (Å²) in [5, 5.41) is 15.5. The third-order valence-corrected chi connectivity index (χ3v) is 4.34. The van der Waals surface area contributed by atoms with Crippen LogP contribution in [-0.2, 0) is 5.75 Å². The summed E-state index contributed by atoms with van der Waals surface area (Å²) in [5.41, 5.74) is 2.39. The summed E-state index contributed by atoms with van der Waals surface area (Å²) < 4.78 is 5.22. The van der Waals surface area contributed by atoms with Gasteiger partial charge in [0.15, 0.2) is 5.16 Å². The number of imidazole rings is 1. The van der Waals surface area contributed by atoms with Crippen LogP contribution in [-0.4, -0.2) is 25.0 Å². The van der Waals surface area contributed by atoms with E-state index in [2.05, 4.69) is 20.1 Å². The second-order valence-electron chi connectivity index (χ2n) is 5.17. The van der Waals surface area contributed by atoms with E-state index in [1.807, 2.05) is 24.3 Å². The van der Waals surface area contributed by atoms with Crippen LogP contribution in [0.15, 0.2) is 58.2 Å². The van der Waals surface area contributed by atoms with Crippen LogP contribution in [0, 0.1) is 10.1 Å². The number of rotatable bonds is 5. The van der Waals surface area contributed by atoms with Crippen molar-refractivity contribution < 1.29 is 9.45 Å². The highest BCUT2D eigenvalue weighted by Crippen LogP contribution is 2.25. The molecule has 0 spiro atoms. The van der Waals surface area contributed by atoms with E-state index in [1.165, 1.54) is 23.9 Å². The molecule has 2 aromatic heterocycles. The number of benzene rings is 2. The van der Waals surface area contributed by atoms with Gasteiger partial charge in [-0.15, -0.1) is 0 Å². The van der Waals surface area contributed by atoms with Crippen molar-refractivity contribution >= 4 is 28.5 Å². The fraction of sp³-hybridized carbons (Fsp3) is 0.0625. The van der Waals surface area contributed by atoms with E-state index in [0.29, 0.717) is 23.0 Å². The van der Waals surface area contributed by atoms with Gasteiger partial charge in [-0.2, -0.15) is 4.98 Å². The Bertz CT molecular complexity index is 1030. The SMILES string of the molecule is O=[N+]([O-])c1cccc(-c2noc(CSc3nc4ccccc4[nH]3)n2)c1. The van der Waals surface area contributed by atoms with Gasteiger partial charge in [-0.3, -0.25) is 10.1 Å². The molecule has 0 bridgehead atoms. The number of hydrogen-bond donors (Lipinski definition) is 1. The first-order chi connectivity index (χ1) is 12.2. The van der Waals surface area contributed by atoms with Gasteiger partial charge in [-0.25, -0.2) is 4.98 Å². The van der Waals surface area contributed by atoms with E-state index in [9.17, 15) is 10.1 Å². The van der Waals surface area contributed by atoms with Crippen molar-refractivity contribution in [3.63, 3.8) is 0 Å². The monoisotopic (exact) mass is 353 g/mol. The van der Waals surface area contributed by atoms with Crippen molar-refractivity contribution in [3.05, 3.63) is 64.5 Å². The molecule has 0 amide bonds. The van der Waals surface area contributed by atoms with Gasteiger partial charge in [-0.1, -0.05) is 41.2 Å². The van der Waals surface area contributed by atoms with E-state index in [-0.39, 0.29) is 5.69 Å². The quantitative estimate of drug-likeness (QED) is 0.330. The van der Waals surface area contributed by atoms with Crippen molar-refractivity contribution in [1.82, 2.24) is 20.1 Å². The number of para-hydroxylation sites is 2. The topological polar surface area (TPSA) is 111 Å². The number of non-ortho nitro benzene ring substituents is 1. The smallest absolute Gasteiger partial charge is 0.270 e. The largest absolute Gasteiger partial charge is 0.338 e. The molecule has 2 aromatic carbocycles. The van der Waals surface area contributed by atoms with Crippen molar-refractivity contribution in [1.29, 1.82) is 0 Å². The number of fused-ring (bicyclic) bond motifs is 1. The number of nitrogens with zero attached hydrogens (tertiary/aromatic N) is 4. The number of nitro groups is 1. The number of thioether (sulfide) groups is 1. The van der Waals surface area contributed by atoms with E-state index in [1.54, 1.807) is 12.1 Å². The van der Waals surface area contributed by atoms with Crippen LogP contribution in [0.25, 0.3) is 22.4 Å². The molecule has 0 aliphatic heterocycles. The van der Waals surface area contributed by atoms with Gasteiger partial charge < -0.3 is 9.51 Å². The predicted molar refractivity (Wildman–Crippen MR) is 92.0 cm³/mol. The summed E-state index contributed by atoms with van der Waals surface area (Å²) in [6.07, 6.45) is 0. The van der Waals surface area contributed by atoms with Crippen LogP contribution in [0.5, 0.6) is 0 Å². The second kappa shape index (κ2) is 6.36. The lowest BCUT2D eigenvalue weighted by Gasteiger charge is -1.94. The summed E-state index contributed by atoms with van der Waals surface area (Å²) in [6, 6.07) is 13.9. The van der Waals surface area contributed by atoms with E-state index >= 15 is 0 Å². The molecule has 9 heteroatoms. The van der Waals surface area contributed by atoms with E-state index in [4.69, 9.17) is 4.52 Å². The van der Waals surface area contributed by atoms with Crippen molar-refractivity contribution in [2.45, 2.75) is 10.9 Å². The van der Waals surface area contributed by atoms with Gasteiger partial charge in [0.05, 0.1) is 21.7 Å². The number of H-pyrrole nitrogens is 1. The molecule has 0 unspecified atom stereocenters. The van der Waals surface area contributed by atoms with Crippen molar-refractivity contribution in [3.8, 4) is 11.4 Å². The Morgan fingerprint density at radius 1 is 1.16 bits per heavy atom. The lowest BCUT2D eigenvalue weighted by molar-refractivity contribution is -0.384. The van der Waals surface area contributed by atoms with E-state index in [0.717, 1.165) is 16.2 Å². The minimum Gasteiger partial charge on any atom is -0.338 e. The Hall–Kier alpha value is -3.20. The molecule has 0 fully saturated rings. The Balaban J connectivity index is 1.49. The molecule has 4 rings (SSSR count). The average Bonchev–Trinajstić information content (AvgIpc) is 3.26. The fourth-order valence-electron chi connectivity index (χ4n) is 2.32. The van der Waals surface area contributed by atoms with Crippen LogP contribution in [0.2, 0.25) is 0 Å². The van der Waals surface area contributed by atoms with Crippen LogP contribution >= 0.6 is 11.8 Å². The third kappa shape index (κ3) is 3.22. The molecule has 1 N–H and O–H groups in total. The van der Waals surface area contributed by atoms with Crippen molar-refractivity contribution in [2.75, 3.05) is 0 Å². The first-order valence-corrected chi connectivity index (χ1v) is 8.32. The van der Waals surface area contributed by atoms with Gasteiger partial charge in [0.2, 0.25) is 11.7 Å². The number of nitro benzene ring substituents is 1. The lowest BCUT2D eigenvalue weighted by Crippen LogP contribution is -1.89. The maximum Gasteiger partial charge on any atom is 0.270 e. The highest BCUT2D eigenvalue weighted by molar-refractivity contribution is 7.98. The molecule has 2 heterocycles. The lowest BCUT2D eigenvalue weighted by atomic mass is 10.2. The number of aromatic nitrogens is 4. The molecule has 0 saturated heterocycles. The summed E-state index contributed by atoms with van der Waals surface area (Å²) in [7, 11) is 0. The normalized spacial score (nSPS) is 11.0. The zero-order valence-corrected chi connectivity index (χ0v) is 13.6. The minimum atomic E-state index is -0.456. The molecular formula is C16H11N5O3S.